The molecule has 5 nitrogen and oxygen atoms in total. The summed E-state index contributed by atoms with van der Waals surface area (Å²) in [6.45, 7) is 1.94. The number of anilines is 1. The van der Waals surface area contributed by atoms with Crippen molar-refractivity contribution in [3.05, 3.63) is 23.8 Å². The van der Waals surface area contributed by atoms with Crippen molar-refractivity contribution in [1.82, 2.24) is 5.32 Å². The predicted molar refractivity (Wildman–Crippen MR) is 64.0 cm³/mol. The summed E-state index contributed by atoms with van der Waals surface area (Å²) in [6, 6.07) is 4.73. The van der Waals surface area contributed by atoms with Crippen LogP contribution in [0.15, 0.2) is 23.1 Å². The standard InChI is InChI=1S/C10H13N3O2S/c1-6-2-3-8(7(11)4-6)16-5-9(14)13-10(12)15/h2-4H,5,11H2,1H3,(H3,12,13,14,15). The van der Waals surface area contributed by atoms with Gasteiger partial charge in [-0.05, 0) is 24.6 Å². The van der Waals surface area contributed by atoms with Crippen LogP contribution in [0.25, 0.3) is 0 Å². The van der Waals surface area contributed by atoms with E-state index < -0.39 is 11.9 Å². The van der Waals surface area contributed by atoms with E-state index in [0.717, 1.165) is 10.5 Å². The monoisotopic (exact) mass is 239 g/mol. The Labute approximate surface area is 97.6 Å². The Hall–Kier alpha value is -1.69. The zero-order chi connectivity index (χ0) is 12.1. The fourth-order valence-corrected chi connectivity index (χ4v) is 1.86. The van der Waals surface area contributed by atoms with Crippen molar-refractivity contribution in [2.24, 2.45) is 5.73 Å². The van der Waals surface area contributed by atoms with Gasteiger partial charge in [0.05, 0.1) is 5.75 Å². The van der Waals surface area contributed by atoms with Crippen LogP contribution < -0.4 is 16.8 Å². The Morgan fingerprint density at radius 3 is 2.69 bits per heavy atom. The Morgan fingerprint density at radius 1 is 1.44 bits per heavy atom. The third-order valence-electron chi connectivity index (χ3n) is 1.79. The quantitative estimate of drug-likeness (QED) is 0.538. The molecule has 0 bridgehead atoms. The van der Waals surface area contributed by atoms with Crippen molar-refractivity contribution in [3.8, 4) is 0 Å². The molecule has 3 amide bonds. The van der Waals surface area contributed by atoms with Gasteiger partial charge in [0.1, 0.15) is 0 Å². The molecule has 0 aromatic heterocycles. The SMILES string of the molecule is Cc1ccc(SCC(=O)NC(N)=O)c(N)c1. The van der Waals surface area contributed by atoms with Gasteiger partial charge in [0.15, 0.2) is 0 Å². The molecule has 1 aromatic carbocycles. The van der Waals surface area contributed by atoms with Crippen LogP contribution in [-0.2, 0) is 4.79 Å². The van der Waals surface area contributed by atoms with Crippen LogP contribution in [0, 0.1) is 6.92 Å². The van der Waals surface area contributed by atoms with Crippen molar-refractivity contribution >= 4 is 29.4 Å². The number of hydrogen-bond acceptors (Lipinski definition) is 4. The Balaban J connectivity index is 2.54. The van der Waals surface area contributed by atoms with Gasteiger partial charge in [-0.25, -0.2) is 4.79 Å². The number of rotatable bonds is 3. The lowest BCUT2D eigenvalue weighted by Gasteiger charge is -2.05. The highest BCUT2D eigenvalue weighted by Crippen LogP contribution is 2.25. The lowest BCUT2D eigenvalue weighted by atomic mass is 10.2. The molecule has 0 saturated heterocycles. The highest BCUT2D eigenvalue weighted by atomic mass is 32.2. The first kappa shape index (κ1) is 12.4. The maximum atomic E-state index is 11.1. The van der Waals surface area contributed by atoms with Crippen LogP contribution in [0.3, 0.4) is 0 Å². The van der Waals surface area contributed by atoms with Crippen molar-refractivity contribution in [1.29, 1.82) is 0 Å². The highest BCUT2D eigenvalue weighted by molar-refractivity contribution is 8.00. The molecule has 0 aliphatic rings. The van der Waals surface area contributed by atoms with E-state index in [9.17, 15) is 9.59 Å². The predicted octanol–water partition coefficient (Wildman–Crippen LogP) is 0.864. The number of nitrogens with two attached hydrogens (primary N) is 2. The molecule has 0 spiro atoms. The molecule has 0 atom stereocenters. The lowest BCUT2D eigenvalue weighted by molar-refractivity contribution is -0.117. The second-order valence-corrected chi connectivity index (χ2v) is 4.26. The van der Waals surface area contributed by atoms with Gasteiger partial charge < -0.3 is 11.5 Å². The van der Waals surface area contributed by atoms with Crippen molar-refractivity contribution in [2.75, 3.05) is 11.5 Å². The normalized spacial score (nSPS) is 9.81. The number of amides is 3. The number of carbonyl (C=O) groups excluding carboxylic acids is 2. The van der Waals surface area contributed by atoms with Crippen molar-refractivity contribution in [3.63, 3.8) is 0 Å². The maximum absolute atomic E-state index is 11.1. The Kier molecular flexibility index (Phi) is 4.19. The van der Waals surface area contributed by atoms with Gasteiger partial charge in [0, 0.05) is 10.6 Å². The minimum Gasteiger partial charge on any atom is -0.398 e. The van der Waals surface area contributed by atoms with Crippen LogP contribution in [0.5, 0.6) is 0 Å². The van der Waals surface area contributed by atoms with Gasteiger partial charge in [-0.1, -0.05) is 6.07 Å². The van der Waals surface area contributed by atoms with E-state index >= 15 is 0 Å². The summed E-state index contributed by atoms with van der Waals surface area (Å²) in [4.78, 5) is 22.3. The number of nitrogens with one attached hydrogen (secondary N) is 1. The minimum absolute atomic E-state index is 0.107. The zero-order valence-corrected chi connectivity index (χ0v) is 9.64. The number of hydrogen-bond donors (Lipinski definition) is 3. The first-order valence-corrected chi connectivity index (χ1v) is 5.56. The smallest absolute Gasteiger partial charge is 0.318 e. The fourth-order valence-electron chi connectivity index (χ4n) is 1.12. The summed E-state index contributed by atoms with van der Waals surface area (Å²) in [5, 5.41) is 1.98. The Morgan fingerprint density at radius 2 is 2.12 bits per heavy atom. The summed E-state index contributed by atoms with van der Waals surface area (Å²) in [5.41, 5.74) is 12.3. The third-order valence-corrected chi connectivity index (χ3v) is 2.88. The number of thioether (sulfide) groups is 1. The van der Waals surface area contributed by atoms with E-state index in [1.165, 1.54) is 11.8 Å². The number of urea groups is 1. The first-order valence-electron chi connectivity index (χ1n) is 4.57. The summed E-state index contributed by atoms with van der Waals surface area (Å²) in [6.07, 6.45) is 0. The van der Waals surface area contributed by atoms with Crippen LogP contribution in [-0.4, -0.2) is 17.7 Å². The molecular weight excluding hydrogens is 226 g/mol. The molecule has 1 aromatic rings. The van der Waals surface area contributed by atoms with E-state index in [4.69, 9.17) is 11.5 Å². The fraction of sp³-hybridized carbons (Fsp3) is 0.200. The zero-order valence-electron chi connectivity index (χ0n) is 8.82. The van der Waals surface area contributed by atoms with E-state index in [-0.39, 0.29) is 5.75 Å². The first-order chi connectivity index (χ1) is 7.49. The molecule has 0 fully saturated rings. The van der Waals surface area contributed by atoms with Gasteiger partial charge in [0.2, 0.25) is 5.91 Å². The largest absolute Gasteiger partial charge is 0.398 e. The molecule has 0 aliphatic carbocycles. The number of primary amides is 1. The molecule has 0 saturated carbocycles. The summed E-state index contributed by atoms with van der Waals surface area (Å²) >= 11 is 1.26. The van der Waals surface area contributed by atoms with E-state index in [1.807, 2.05) is 30.4 Å². The molecule has 16 heavy (non-hydrogen) atoms. The maximum Gasteiger partial charge on any atom is 0.318 e. The van der Waals surface area contributed by atoms with Gasteiger partial charge in [-0.3, -0.25) is 10.1 Å². The molecule has 0 heterocycles. The number of carbonyl (C=O) groups is 2. The van der Waals surface area contributed by atoms with Gasteiger partial charge in [-0.2, -0.15) is 0 Å². The number of benzene rings is 1. The average molecular weight is 239 g/mol. The molecule has 5 N–H and O–H groups in total. The molecule has 0 unspecified atom stereocenters. The molecular formula is C10H13N3O2S. The van der Waals surface area contributed by atoms with Crippen molar-refractivity contribution in [2.45, 2.75) is 11.8 Å². The van der Waals surface area contributed by atoms with Crippen molar-refractivity contribution < 1.29 is 9.59 Å². The number of nitrogen functional groups attached to an aromatic ring is 1. The summed E-state index contributed by atoms with van der Waals surface area (Å²) in [5.74, 6) is -0.326. The van der Waals surface area contributed by atoms with E-state index in [0.29, 0.717) is 5.69 Å². The molecule has 0 aliphatic heterocycles. The molecule has 86 valence electrons. The van der Waals surface area contributed by atoms with Gasteiger partial charge >= 0.3 is 6.03 Å². The number of imide groups is 1. The minimum atomic E-state index is -0.845. The summed E-state index contributed by atoms with van der Waals surface area (Å²) in [7, 11) is 0. The second-order valence-electron chi connectivity index (χ2n) is 3.24. The van der Waals surface area contributed by atoms with Crippen LogP contribution in [0.2, 0.25) is 0 Å². The van der Waals surface area contributed by atoms with Crippen LogP contribution >= 0.6 is 11.8 Å². The third kappa shape index (κ3) is 3.82. The topological polar surface area (TPSA) is 98.2 Å². The highest BCUT2D eigenvalue weighted by Gasteiger charge is 2.06. The Bertz CT molecular complexity index is 421. The second kappa shape index (κ2) is 5.41. The summed E-state index contributed by atoms with van der Waals surface area (Å²) < 4.78 is 0. The van der Waals surface area contributed by atoms with Gasteiger partial charge in [0.25, 0.3) is 0 Å². The molecule has 6 heteroatoms. The van der Waals surface area contributed by atoms with Gasteiger partial charge in [-0.15, -0.1) is 11.8 Å². The van der Waals surface area contributed by atoms with E-state index in [1.54, 1.807) is 0 Å². The average Bonchev–Trinajstić information content (AvgIpc) is 2.15. The lowest BCUT2D eigenvalue weighted by Crippen LogP contribution is -2.36. The molecule has 1 rings (SSSR count). The van der Waals surface area contributed by atoms with Crippen LogP contribution in [0.1, 0.15) is 5.56 Å². The van der Waals surface area contributed by atoms with Crippen LogP contribution in [0.4, 0.5) is 10.5 Å². The van der Waals surface area contributed by atoms with E-state index in [2.05, 4.69) is 0 Å². The number of aryl methyl sites for hydroxylation is 1. The molecule has 0 radical (unpaired) electrons.